The van der Waals surface area contributed by atoms with Crippen LogP contribution in [0.25, 0.3) is 16.5 Å². The smallest absolute Gasteiger partial charge is 0.270 e. The van der Waals surface area contributed by atoms with E-state index in [0.717, 1.165) is 0 Å². The predicted molar refractivity (Wildman–Crippen MR) is 110 cm³/mol. The average Bonchev–Trinajstić information content (AvgIpc) is 3.41. The number of benzene rings is 1. The van der Waals surface area contributed by atoms with E-state index in [0.29, 0.717) is 40.9 Å². The maximum atomic E-state index is 14.6. The van der Waals surface area contributed by atoms with Gasteiger partial charge in [-0.1, -0.05) is 18.2 Å². The molecule has 30 heavy (non-hydrogen) atoms. The molecule has 0 bridgehead atoms. The predicted octanol–water partition coefficient (Wildman–Crippen LogP) is 3.60. The van der Waals surface area contributed by atoms with Gasteiger partial charge in [0.2, 0.25) is 0 Å². The number of amides is 1. The van der Waals surface area contributed by atoms with Crippen molar-refractivity contribution >= 4 is 17.2 Å². The molecule has 3 aromatic heterocycles. The number of pyridine rings is 1. The minimum atomic E-state index is -0.351. The molecule has 5 rings (SSSR count). The molecular formula is C21H17FN6OS. The van der Waals surface area contributed by atoms with Gasteiger partial charge < -0.3 is 5.32 Å². The van der Waals surface area contributed by atoms with Gasteiger partial charge in [-0.05, 0) is 37.1 Å². The second-order valence-corrected chi connectivity index (χ2v) is 7.95. The second-order valence-electron chi connectivity index (χ2n) is 7.06. The Hall–Kier alpha value is -3.46. The number of nitrogens with one attached hydrogen (secondary N) is 1. The molecular weight excluding hydrogens is 403 g/mol. The first-order chi connectivity index (χ1) is 14.7. The van der Waals surface area contributed by atoms with Crippen molar-refractivity contribution in [1.29, 1.82) is 0 Å². The summed E-state index contributed by atoms with van der Waals surface area (Å²) in [6, 6.07) is 11.8. The van der Waals surface area contributed by atoms with E-state index in [1.807, 2.05) is 5.38 Å². The molecule has 0 saturated heterocycles. The van der Waals surface area contributed by atoms with Gasteiger partial charge in [-0.15, -0.1) is 21.5 Å². The molecule has 1 saturated carbocycles. The number of para-hydroxylation sites is 1. The maximum absolute atomic E-state index is 14.6. The van der Waals surface area contributed by atoms with E-state index >= 15 is 0 Å². The van der Waals surface area contributed by atoms with Crippen molar-refractivity contribution in [2.45, 2.75) is 24.8 Å². The Morgan fingerprint density at radius 3 is 2.63 bits per heavy atom. The average molecular weight is 420 g/mol. The van der Waals surface area contributed by atoms with Crippen molar-refractivity contribution < 1.29 is 9.18 Å². The number of aromatic nitrogens is 5. The van der Waals surface area contributed by atoms with Crippen molar-refractivity contribution in [3.8, 4) is 16.5 Å². The lowest BCUT2D eigenvalue weighted by atomic mass is 9.79. The number of nitrogens with zero attached hydrogens (tertiary/aromatic N) is 5. The Morgan fingerprint density at radius 2 is 1.90 bits per heavy atom. The largest absolute Gasteiger partial charge is 0.348 e. The molecule has 150 valence electrons. The number of rotatable bonds is 5. The highest BCUT2D eigenvalue weighted by Gasteiger charge is 2.36. The Bertz CT molecular complexity index is 1170. The van der Waals surface area contributed by atoms with Crippen LogP contribution in [0.1, 0.15) is 35.1 Å². The van der Waals surface area contributed by atoms with E-state index < -0.39 is 0 Å². The number of thiazole rings is 1. The van der Waals surface area contributed by atoms with E-state index in [-0.39, 0.29) is 23.7 Å². The van der Waals surface area contributed by atoms with Gasteiger partial charge in [-0.25, -0.2) is 9.37 Å². The number of carbonyl (C=O) groups excluding carboxylic acids is 1. The van der Waals surface area contributed by atoms with Crippen LogP contribution in [-0.4, -0.2) is 36.7 Å². The Labute approximate surface area is 175 Å². The molecule has 0 radical (unpaired) electrons. The summed E-state index contributed by atoms with van der Waals surface area (Å²) >= 11 is 1.43. The normalized spacial score (nSPS) is 18.0. The van der Waals surface area contributed by atoms with E-state index in [1.54, 1.807) is 53.4 Å². The molecule has 1 N–H and O–H groups in total. The lowest BCUT2D eigenvalue weighted by Gasteiger charge is -2.35. The van der Waals surface area contributed by atoms with Crippen molar-refractivity contribution in [1.82, 2.24) is 30.0 Å². The quantitative estimate of drug-likeness (QED) is 0.533. The molecule has 0 atom stereocenters. The zero-order chi connectivity index (χ0) is 20.5. The molecule has 1 aliphatic rings. The first-order valence-corrected chi connectivity index (χ1v) is 10.4. The Kier molecular flexibility index (Phi) is 4.80. The standard InChI is InChI=1S/C21H17FN6OS/c22-15-5-1-2-7-17(15)28-18(26-27-19(28)21-24-9-10-30-21)13-11-14(12-13)25-20(29)16-6-3-4-8-23-16/h1-10,13-14H,11-12H2,(H,25,29)/t13-,14-. The van der Waals surface area contributed by atoms with Gasteiger partial charge in [0.15, 0.2) is 10.8 Å². The van der Waals surface area contributed by atoms with Crippen molar-refractivity contribution in [2.24, 2.45) is 0 Å². The van der Waals surface area contributed by atoms with E-state index in [1.165, 1.54) is 17.4 Å². The van der Waals surface area contributed by atoms with Crippen LogP contribution in [0.15, 0.2) is 60.2 Å². The monoisotopic (exact) mass is 420 g/mol. The topological polar surface area (TPSA) is 85.6 Å². The summed E-state index contributed by atoms with van der Waals surface area (Å²) in [7, 11) is 0. The molecule has 1 aromatic carbocycles. The summed E-state index contributed by atoms with van der Waals surface area (Å²) in [5.74, 6) is 0.702. The van der Waals surface area contributed by atoms with Crippen LogP contribution in [0.2, 0.25) is 0 Å². The SMILES string of the molecule is O=C(N[C@H]1C[C@H](c2nnc(-c3nccs3)n2-c2ccccc2F)C1)c1ccccn1. The molecule has 3 heterocycles. The third-order valence-corrected chi connectivity index (χ3v) is 5.91. The molecule has 7 nitrogen and oxygen atoms in total. The van der Waals surface area contributed by atoms with Crippen molar-refractivity contribution in [3.63, 3.8) is 0 Å². The molecule has 4 aromatic rings. The zero-order valence-electron chi connectivity index (χ0n) is 15.8. The molecule has 1 fully saturated rings. The lowest BCUT2D eigenvalue weighted by Crippen LogP contribution is -2.44. The van der Waals surface area contributed by atoms with E-state index in [4.69, 9.17) is 0 Å². The molecule has 0 spiro atoms. The molecule has 0 aliphatic heterocycles. The first kappa shape index (κ1) is 18.6. The number of hydrogen-bond donors (Lipinski definition) is 1. The van der Waals surface area contributed by atoms with Crippen LogP contribution in [0.5, 0.6) is 0 Å². The van der Waals surface area contributed by atoms with Gasteiger partial charge in [0, 0.05) is 29.7 Å². The summed E-state index contributed by atoms with van der Waals surface area (Å²) in [5.41, 5.74) is 0.783. The second kappa shape index (κ2) is 7.75. The van der Waals surface area contributed by atoms with Gasteiger partial charge in [-0.2, -0.15) is 0 Å². The van der Waals surface area contributed by atoms with Gasteiger partial charge >= 0.3 is 0 Å². The fraction of sp³-hybridized carbons (Fsp3) is 0.190. The van der Waals surface area contributed by atoms with Crippen molar-refractivity contribution in [3.05, 3.63) is 77.6 Å². The minimum Gasteiger partial charge on any atom is -0.348 e. The lowest BCUT2D eigenvalue weighted by molar-refractivity contribution is 0.0902. The van der Waals surface area contributed by atoms with Crippen LogP contribution in [0.3, 0.4) is 0 Å². The molecule has 0 unspecified atom stereocenters. The van der Waals surface area contributed by atoms with Gasteiger partial charge in [0.1, 0.15) is 17.3 Å². The number of halogens is 1. The summed E-state index contributed by atoms with van der Waals surface area (Å²) in [6.45, 7) is 0. The summed E-state index contributed by atoms with van der Waals surface area (Å²) < 4.78 is 16.4. The van der Waals surface area contributed by atoms with Crippen LogP contribution < -0.4 is 5.32 Å². The molecule has 9 heteroatoms. The van der Waals surface area contributed by atoms with E-state index in [2.05, 4.69) is 25.5 Å². The van der Waals surface area contributed by atoms with Crippen LogP contribution in [0.4, 0.5) is 4.39 Å². The first-order valence-electron chi connectivity index (χ1n) is 9.52. The fourth-order valence-electron chi connectivity index (χ4n) is 3.61. The van der Waals surface area contributed by atoms with Crippen LogP contribution >= 0.6 is 11.3 Å². The van der Waals surface area contributed by atoms with Crippen molar-refractivity contribution in [2.75, 3.05) is 0 Å². The van der Waals surface area contributed by atoms with E-state index in [9.17, 15) is 9.18 Å². The van der Waals surface area contributed by atoms with Gasteiger partial charge in [0.05, 0.1) is 5.69 Å². The number of carbonyl (C=O) groups is 1. The summed E-state index contributed by atoms with van der Waals surface area (Å²) in [5, 5.41) is 14.2. The maximum Gasteiger partial charge on any atom is 0.270 e. The van der Waals surface area contributed by atoms with Gasteiger partial charge in [0.25, 0.3) is 5.91 Å². The number of hydrogen-bond acceptors (Lipinski definition) is 6. The highest BCUT2D eigenvalue weighted by atomic mass is 32.1. The minimum absolute atomic E-state index is 0.0126. The van der Waals surface area contributed by atoms with Crippen LogP contribution in [0, 0.1) is 5.82 Å². The highest BCUT2D eigenvalue weighted by Crippen LogP contribution is 2.39. The Morgan fingerprint density at radius 1 is 1.07 bits per heavy atom. The molecule has 1 aliphatic carbocycles. The molecule has 1 amide bonds. The van der Waals surface area contributed by atoms with Gasteiger partial charge in [-0.3, -0.25) is 14.3 Å². The summed E-state index contributed by atoms with van der Waals surface area (Å²) in [4.78, 5) is 20.7. The third kappa shape index (κ3) is 3.37. The Balaban J connectivity index is 1.40. The third-order valence-electron chi connectivity index (χ3n) is 5.14. The zero-order valence-corrected chi connectivity index (χ0v) is 16.6. The summed E-state index contributed by atoms with van der Waals surface area (Å²) in [6.07, 6.45) is 4.67. The highest BCUT2D eigenvalue weighted by molar-refractivity contribution is 7.13. The fourth-order valence-corrected chi connectivity index (χ4v) is 4.22. The van der Waals surface area contributed by atoms with Crippen LogP contribution in [-0.2, 0) is 0 Å².